The van der Waals surface area contributed by atoms with E-state index in [1.54, 1.807) is 0 Å². The summed E-state index contributed by atoms with van der Waals surface area (Å²) in [5.74, 6) is 0. The highest BCUT2D eigenvalue weighted by Gasteiger charge is 2.13. The van der Waals surface area contributed by atoms with Crippen molar-refractivity contribution in [1.82, 2.24) is 15.1 Å². The Kier molecular flexibility index (Phi) is 3.83. The van der Waals surface area contributed by atoms with Gasteiger partial charge in [-0.15, -0.1) is 11.3 Å². The molecule has 0 aliphatic rings. The largest absolute Gasteiger partial charge is 0.304 e. The van der Waals surface area contributed by atoms with Crippen LogP contribution in [0, 0.1) is 13.8 Å². The Balaban J connectivity index is 1.79. The summed E-state index contributed by atoms with van der Waals surface area (Å²) in [5, 5.41) is 9.48. The molecular formula is C17H21N3S. The van der Waals surface area contributed by atoms with Gasteiger partial charge in [-0.25, -0.2) is 0 Å². The molecule has 3 nitrogen and oxygen atoms in total. The fraction of sp³-hybridized carbons (Fsp3) is 0.353. The fourth-order valence-corrected chi connectivity index (χ4v) is 3.88. The van der Waals surface area contributed by atoms with Crippen molar-refractivity contribution in [2.24, 2.45) is 7.05 Å². The van der Waals surface area contributed by atoms with E-state index in [-0.39, 0.29) is 0 Å². The van der Waals surface area contributed by atoms with Crippen molar-refractivity contribution in [3.8, 4) is 0 Å². The van der Waals surface area contributed by atoms with E-state index in [9.17, 15) is 0 Å². The molecule has 1 unspecified atom stereocenters. The Morgan fingerprint density at radius 2 is 2.05 bits per heavy atom. The number of nitrogens with zero attached hydrogens (tertiary/aromatic N) is 2. The van der Waals surface area contributed by atoms with E-state index in [1.165, 1.54) is 26.2 Å². The van der Waals surface area contributed by atoms with E-state index in [0.29, 0.717) is 6.04 Å². The van der Waals surface area contributed by atoms with Crippen LogP contribution in [0.2, 0.25) is 0 Å². The van der Waals surface area contributed by atoms with Crippen molar-refractivity contribution in [3.05, 3.63) is 51.3 Å². The maximum atomic E-state index is 4.64. The number of hydrogen-bond donors (Lipinski definition) is 1. The molecular weight excluding hydrogens is 278 g/mol. The summed E-state index contributed by atoms with van der Waals surface area (Å²) >= 11 is 1.87. The number of aryl methyl sites for hydroxylation is 3. The number of thiophene rings is 1. The van der Waals surface area contributed by atoms with Gasteiger partial charge in [0.15, 0.2) is 0 Å². The molecule has 0 aliphatic carbocycles. The van der Waals surface area contributed by atoms with Gasteiger partial charge in [0, 0.05) is 34.8 Å². The van der Waals surface area contributed by atoms with Gasteiger partial charge in [0.2, 0.25) is 0 Å². The second-order valence-electron chi connectivity index (χ2n) is 5.56. The molecule has 1 aromatic carbocycles. The lowest BCUT2D eigenvalue weighted by Crippen LogP contribution is -2.18. The third-order valence-electron chi connectivity index (χ3n) is 3.96. The summed E-state index contributed by atoms with van der Waals surface area (Å²) in [6.07, 6.45) is 0. The quantitative estimate of drug-likeness (QED) is 0.786. The first-order valence-electron chi connectivity index (χ1n) is 7.27. The zero-order chi connectivity index (χ0) is 15.0. The minimum absolute atomic E-state index is 0.343. The second kappa shape index (κ2) is 5.62. The third-order valence-corrected chi connectivity index (χ3v) is 4.94. The minimum atomic E-state index is 0.343. The van der Waals surface area contributed by atoms with Crippen LogP contribution in [0.4, 0.5) is 0 Å². The van der Waals surface area contributed by atoms with Gasteiger partial charge in [-0.3, -0.25) is 4.68 Å². The Morgan fingerprint density at radius 1 is 1.29 bits per heavy atom. The zero-order valence-electron chi connectivity index (χ0n) is 13.0. The van der Waals surface area contributed by atoms with Crippen LogP contribution >= 0.6 is 11.3 Å². The van der Waals surface area contributed by atoms with Crippen LogP contribution in [-0.4, -0.2) is 9.78 Å². The van der Waals surface area contributed by atoms with Crippen LogP contribution in [-0.2, 0) is 13.6 Å². The molecule has 0 bridgehead atoms. The first kappa shape index (κ1) is 14.3. The molecule has 0 aliphatic heterocycles. The molecule has 0 saturated carbocycles. The number of benzene rings is 1. The molecule has 1 atom stereocenters. The predicted octanol–water partition coefficient (Wildman–Crippen LogP) is 4.10. The molecule has 0 radical (unpaired) electrons. The average molecular weight is 299 g/mol. The van der Waals surface area contributed by atoms with Crippen molar-refractivity contribution >= 4 is 22.2 Å². The summed E-state index contributed by atoms with van der Waals surface area (Å²) < 4.78 is 1.96. The first-order valence-corrected chi connectivity index (χ1v) is 8.09. The molecule has 110 valence electrons. The molecule has 2 aromatic heterocycles. The molecule has 0 spiro atoms. The Morgan fingerprint density at radius 3 is 2.76 bits per heavy atom. The lowest BCUT2D eigenvalue weighted by atomic mass is 10.1. The molecule has 3 rings (SSSR count). The molecule has 0 amide bonds. The maximum absolute atomic E-state index is 4.64. The van der Waals surface area contributed by atoms with E-state index in [0.717, 1.165) is 12.2 Å². The Bertz CT molecular complexity index is 770. The predicted molar refractivity (Wildman–Crippen MR) is 89.8 cm³/mol. The van der Waals surface area contributed by atoms with Crippen LogP contribution in [0.25, 0.3) is 10.9 Å². The number of fused-ring (bicyclic) bond motifs is 1. The van der Waals surface area contributed by atoms with Gasteiger partial charge in [-0.05, 0) is 38.5 Å². The van der Waals surface area contributed by atoms with Crippen molar-refractivity contribution in [3.63, 3.8) is 0 Å². The van der Waals surface area contributed by atoms with E-state index in [1.807, 2.05) is 23.1 Å². The van der Waals surface area contributed by atoms with Gasteiger partial charge < -0.3 is 5.32 Å². The minimum Gasteiger partial charge on any atom is -0.304 e. The molecule has 0 saturated heterocycles. The number of para-hydroxylation sites is 1. The average Bonchev–Trinajstić information content (AvgIpc) is 2.97. The fourth-order valence-electron chi connectivity index (χ4n) is 2.86. The highest BCUT2D eigenvalue weighted by atomic mass is 32.1. The Labute approximate surface area is 129 Å². The molecule has 3 aromatic rings. The maximum Gasteiger partial charge on any atom is 0.0841 e. The Hall–Kier alpha value is -1.65. The monoisotopic (exact) mass is 299 g/mol. The van der Waals surface area contributed by atoms with E-state index < -0.39 is 0 Å². The zero-order valence-corrected chi connectivity index (χ0v) is 13.8. The number of rotatable bonds is 4. The third kappa shape index (κ3) is 2.74. The van der Waals surface area contributed by atoms with Crippen molar-refractivity contribution < 1.29 is 0 Å². The summed E-state index contributed by atoms with van der Waals surface area (Å²) in [5.41, 5.74) is 3.70. The van der Waals surface area contributed by atoms with Crippen LogP contribution < -0.4 is 5.32 Å². The first-order chi connectivity index (χ1) is 10.1. The van der Waals surface area contributed by atoms with Crippen molar-refractivity contribution in [1.29, 1.82) is 0 Å². The van der Waals surface area contributed by atoms with Gasteiger partial charge in [-0.2, -0.15) is 5.10 Å². The lowest BCUT2D eigenvalue weighted by Gasteiger charge is -2.13. The lowest BCUT2D eigenvalue weighted by molar-refractivity contribution is 0.563. The van der Waals surface area contributed by atoms with Crippen LogP contribution in [0.1, 0.15) is 34.0 Å². The summed E-state index contributed by atoms with van der Waals surface area (Å²) in [6.45, 7) is 7.37. The van der Waals surface area contributed by atoms with Crippen LogP contribution in [0.3, 0.4) is 0 Å². The molecule has 1 N–H and O–H groups in total. The van der Waals surface area contributed by atoms with E-state index in [2.05, 4.69) is 61.5 Å². The normalized spacial score (nSPS) is 13.0. The SMILES string of the molecule is Cc1cc(C(C)NCc2nn(C)c3ccccc23)c(C)s1. The summed E-state index contributed by atoms with van der Waals surface area (Å²) in [6, 6.07) is 11.0. The van der Waals surface area contributed by atoms with Crippen molar-refractivity contribution in [2.75, 3.05) is 0 Å². The smallest absolute Gasteiger partial charge is 0.0841 e. The molecule has 4 heteroatoms. The number of aromatic nitrogens is 2. The number of nitrogens with one attached hydrogen (secondary N) is 1. The van der Waals surface area contributed by atoms with Crippen molar-refractivity contribution in [2.45, 2.75) is 33.4 Å². The van der Waals surface area contributed by atoms with Crippen LogP contribution in [0.5, 0.6) is 0 Å². The summed E-state index contributed by atoms with van der Waals surface area (Å²) in [7, 11) is 2.00. The highest BCUT2D eigenvalue weighted by Crippen LogP contribution is 2.26. The van der Waals surface area contributed by atoms with E-state index >= 15 is 0 Å². The topological polar surface area (TPSA) is 29.9 Å². The van der Waals surface area contributed by atoms with E-state index in [4.69, 9.17) is 0 Å². The second-order valence-corrected chi connectivity index (χ2v) is 7.02. The van der Waals surface area contributed by atoms with Gasteiger partial charge >= 0.3 is 0 Å². The van der Waals surface area contributed by atoms with Gasteiger partial charge in [0.05, 0.1) is 11.2 Å². The van der Waals surface area contributed by atoms with Gasteiger partial charge in [0.25, 0.3) is 0 Å². The molecule has 21 heavy (non-hydrogen) atoms. The van der Waals surface area contributed by atoms with Gasteiger partial charge in [0.1, 0.15) is 0 Å². The summed E-state index contributed by atoms with van der Waals surface area (Å²) in [4.78, 5) is 2.78. The molecule has 0 fully saturated rings. The molecule has 2 heterocycles. The van der Waals surface area contributed by atoms with Crippen LogP contribution in [0.15, 0.2) is 30.3 Å². The standard InChI is InChI=1S/C17H21N3S/c1-11-9-15(13(3)21-11)12(2)18-10-16-14-7-5-6-8-17(14)20(4)19-16/h5-9,12,18H,10H2,1-4H3. The number of hydrogen-bond acceptors (Lipinski definition) is 3. The highest BCUT2D eigenvalue weighted by molar-refractivity contribution is 7.12. The van der Waals surface area contributed by atoms with Gasteiger partial charge in [-0.1, -0.05) is 18.2 Å².